The molecule has 4 heteroatoms. The van der Waals surface area contributed by atoms with Crippen molar-refractivity contribution in [3.8, 4) is 11.8 Å². The fourth-order valence-corrected chi connectivity index (χ4v) is 2.06. The maximum Gasteiger partial charge on any atom is 0.251 e. The van der Waals surface area contributed by atoms with Gasteiger partial charge in [-0.1, -0.05) is 17.9 Å². The molecule has 0 aliphatic heterocycles. The van der Waals surface area contributed by atoms with E-state index < -0.39 is 0 Å². The lowest BCUT2D eigenvalue weighted by molar-refractivity contribution is 0.0933. The van der Waals surface area contributed by atoms with Crippen molar-refractivity contribution in [3.05, 3.63) is 34.9 Å². The van der Waals surface area contributed by atoms with Crippen LogP contribution in [0.5, 0.6) is 0 Å². The molecule has 20 heavy (non-hydrogen) atoms. The Morgan fingerprint density at radius 3 is 2.75 bits per heavy atom. The SMILES string of the molecule is Cc1c(C#CCN)cccc1C(=O)NC(C)CN(C)C. The lowest BCUT2D eigenvalue weighted by atomic mass is 10.0. The molecule has 1 aromatic carbocycles. The molecule has 1 atom stereocenters. The van der Waals surface area contributed by atoms with Gasteiger partial charge in [0, 0.05) is 23.7 Å². The molecule has 4 nitrogen and oxygen atoms in total. The number of hydrogen-bond acceptors (Lipinski definition) is 3. The minimum Gasteiger partial charge on any atom is -0.348 e. The zero-order valence-electron chi connectivity index (χ0n) is 12.7. The van der Waals surface area contributed by atoms with E-state index in [0.717, 1.165) is 17.7 Å². The van der Waals surface area contributed by atoms with Crippen molar-refractivity contribution in [1.29, 1.82) is 0 Å². The van der Waals surface area contributed by atoms with E-state index in [2.05, 4.69) is 17.2 Å². The van der Waals surface area contributed by atoms with Gasteiger partial charge in [-0.15, -0.1) is 0 Å². The van der Waals surface area contributed by atoms with Crippen LogP contribution in [0.3, 0.4) is 0 Å². The summed E-state index contributed by atoms with van der Waals surface area (Å²) in [7, 11) is 3.97. The summed E-state index contributed by atoms with van der Waals surface area (Å²) >= 11 is 0. The Kier molecular flexibility index (Phi) is 6.23. The Morgan fingerprint density at radius 2 is 2.15 bits per heavy atom. The van der Waals surface area contributed by atoms with Crippen LogP contribution in [-0.4, -0.2) is 44.0 Å². The number of rotatable bonds is 4. The van der Waals surface area contributed by atoms with E-state index in [-0.39, 0.29) is 11.9 Å². The number of nitrogens with two attached hydrogens (primary N) is 1. The number of carbonyl (C=O) groups is 1. The second-order valence-corrected chi connectivity index (χ2v) is 5.12. The molecule has 1 unspecified atom stereocenters. The van der Waals surface area contributed by atoms with E-state index in [1.54, 1.807) is 0 Å². The molecule has 0 bridgehead atoms. The van der Waals surface area contributed by atoms with Crippen molar-refractivity contribution in [1.82, 2.24) is 10.2 Å². The van der Waals surface area contributed by atoms with Crippen molar-refractivity contribution in [2.24, 2.45) is 5.73 Å². The molecule has 0 aromatic heterocycles. The molecule has 0 aliphatic carbocycles. The van der Waals surface area contributed by atoms with Crippen LogP contribution in [0.25, 0.3) is 0 Å². The van der Waals surface area contributed by atoms with Crippen LogP contribution in [0, 0.1) is 18.8 Å². The highest BCUT2D eigenvalue weighted by molar-refractivity contribution is 5.96. The average molecular weight is 273 g/mol. The first-order valence-corrected chi connectivity index (χ1v) is 6.69. The van der Waals surface area contributed by atoms with E-state index in [1.807, 2.05) is 51.0 Å². The summed E-state index contributed by atoms with van der Waals surface area (Å²) < 4.78 is 0. The molecule has 0 saturated heterocycles. The maximum atomic E-state index is 12.3. The molecule has 0 fully saturated rings. The first-order chi connectivity index (χ1) is 9.45. The second kappa shape index (κ2) is 7.68. The Morgan fingerprint density at radius 1 is 1.45 bits per heavy atom. The van der Waals surface area contributed by atoms with Crippen LogP contribution < -0.4 is 11.1 Å². The van der Waals surface area contributed by atoms with E-state index in [4.69, 9.17) is 5.73 Å². The van der Waals surface area contributed by atoms with Gasteiger partial charge in [0.1, 0.15) is 0 Å². The summed E-state index contributed by atoms with van der Waals surface area (Å²) in [4.78, 5) is 14.3. The number of nitrogens with one attached hydrogen (secondary N) is 1. The number of benzene rings is 1. The Labute approximate surface area is 121 Å². The van der Waals surface area contributed by atoms with Gasteiger partial charge in [0.05, 0.1) is 6.54 Å². The quantitative estimate of drug-likeness (QED) is 0.804. The third-order valence-corrected chi connectivity index (χ3v) is 2.92. The predicted molar refractivity (Wildman–Crippen MR) is 82.6 cm³/mol. The number of hydrogen-bond donors (Lipinski definition) is 2. The van der Waals surface area contributed by atoms with Crippen molar-refractivity contribution in [3.63, 3.8) is 0 Å². The zero-order valence-corrected chi connectivity index (χ0v) is 12.7. The molecule has 0 saturated carbocycles. The normalized spacial score (nSPS) is 11.7. The van der Waals surface area contributed by atoms with E-state index in [0.29, 0.717) is 12.1 Å². The summed E-state index contributed by atoms with van der Waals surface area (Å²) in [5.41, 5.74) is 7.79. The molecule has 108 valence electrons. The first-order valence-electron chi connectivity index (χ1n) is 6.69. The van der Waals surface area contributed by atoms with Gasteiger partial charge in [0.25, 0.3) is 5.91 Å². The molecule has 1 aromatic rings. The third kappa shape index (κ3) is 4.69. The summed E-state index contributed by atoms with van der Waals surface area (Å²) in [5, 5.41) is 3.00. The molecule has 1 rings (SSSR count). The Balaban J connectivity index is 2.88. The highest BCUT2D eigenvalue weighted by Gasteiger charge is 2.13. The smallest absolute Gasteiger partial charge is 0.251 e. The van der Waals surface area contributed by atoms with Gasteiger partial charge in [-0.2, -0.15) is 0 Å². The molecule has 0 radical (unpaired) electrons. The van der Waals surface area contributed by atoms with Gasteiger partial charge in [-0.25, -0.2) is 0 Å². The summed E-state index contributed by atoms with van der Waals surface area (Å²) in [6.07, 6.45) is 0. The first kappa shape index (κ1) is 16.2. The predicted octanol–water partition coefficient (Wildman–Crippen LogP) is 0.985. The zero-order chi connectivity index (χ0) is 15.1. The summed E-state index contributed by atoms with van der Waals surface area (Å²) in [5.74, 6) is 5.75. The number of amides is 1. The van der Waals surface area contributed by atoms with Gasteiger partial charge < -0.3 is 16.0 Å². The molecule has 1 amide bonds. The minimum absolute atomic E-state index is 0.0618. The fourth-order valence-electron chi connectivity index (χ4n) is 2.06. The van der Waals surface area contributed by atoms with Crippen LogP contribution in [0.4, 0.5) is 0 Å². The van der Waals surface area contributed by atoms with Crippen LogP contribution >= 0.6 is 0 Å². The van der Waals surface area contributed by atoms with Crippen LogP contribution in [0.1, 0.15) is 28.4 Å². The summed E-state index contributed by atoms with van der Waals surface area (Å²) in [6, 6.07) is 5.66. The molecule has 0 spiro atoms. The highest BCUT2D eigenvalue weighted by atomic mass is 16.1. The average Bonchev–Trinajstić information content (AvgIpc) is 2.36. The van der Waals surface area contributed by atoms with E-state index in [9.17, 15) is 4.79 Å². The van der Waals surface area contributed by atoms with Crippen molar-refractivity contribution < 1.29 is 4.79 Å². The van der Waals surface area contributed by atoms with Gasteiger partial charge in [-0.3, -0.25) is 4.79 Å². The van der Waals surface area contributed by atoms with Gasteiger partial charge >= 0.3 is 0 Å². The number of likely N-dealkylation sites (N-methyl/N-ethyl adjacent to an activating group) is 1. The van der Waals surface area contributed by atoms with Gasteiger partial charge in [0.2, 0.25) is 0 Å². The molecule has 3 N–H and O–H groups in total. The number of nitrogens with zero attached hydrogens (tertiary/aromatic N) is 1. The molecule has 0 heterocycles. The van der Waals surface area contributed by atoms with Crippen molar-refractivity contribution in [2.45, 2.75) is 19.9 Å². The standard InChI is InChI=1S/C16H23N3O/c1-12(11-19(3)4)18-16(20)15-9-5-7-14(13(15)2)8-6-10-17/h5,7,9,12H,10-11,17H2,1-4H3,(H,18,20). The fraction of sp³-hybridized carbons (Fsp3) is 0.438. The monoisotopic (exact) mass is 273 g/mol. The molecular weight excluding hydrogens is 250 g/mol. The summed E-state index contributed by atoms with van der Waals surface area (Å²) in [6.45, 7) is 5.02. The van der Waals surface area contributed by atoms with Crippen LogP contribution in [0.15, 0.2) is 18.2 Å². The topological polar surface area (TPSA) is 58.4 Å². The van der Waals surface area contributed by atoms with Crippen LogP contribution in [0.2, 0.25) is 0 Å². The maximum absolute atomic E-state index is 12.3. The molecule has 0 aliphatic rings. The van der Waals surface area contributed by atoms with E-state index >= 15 is 0 Å². The van der Waals surface area contributed by atoms with Crippen molar-refractivity contribution in [2.75, 3.05) is 27.2 Å². The minimum atomic E-state index is -0.0618. The highest BCUT2D eigenvalue weighted by Crippen LogP contribution is 2.13. The van der Waals surface area contributed by atoms with Crippen LogP contribution in [-0.2, 0) is 0 Å². The lowest BCUT2D eigenvalue weighted by Gasteiger charge is -2.19. The Hall–Kier alpha value is -1.83. The molecular formula is C16H23N3O. The largest absolute Gasteiger partial charge is 0.348 e. The van der Waals surface area contributed by atoms with Gasteiger partial charge in [-0.05, 0) is 45.6 Å². The van der Waals surface area contributed by atoms with Crippen molar-refractivity contribution >= 4 is 5.91 Å². The Bertz CT molecular complexity index is 526. The van der Waals surface area contributed by atoms with Gasteiger partial charge in [0.15, 0.2) is 0 Å². The lowest BCUT2D eigenvalue weighted by Crippen LogP contribution is -2.39. The third-order valence-electron chi connectivity index (χ3n) is 2.92. The van der Waals surface area contributed by atoms with E-state index in [1.165, 1.54) is 0 Å². The second-order valence-electron chi connectivity index (χ2n) is 5.12. The number of carbonyl (C=O) groups excluding carboxylic acids is 1.